The predicted molar refractivity (Wildman–Crippen MR) is 62.9 cm³/mol. The molecule has 0 fully saturated rings. The molecule has 2 rings (SSSR count). The van der Waals surface area contributed by atoms with Crippen molar-refractivity contribution < 1.29 is 9.90 Å². The molecule has 0 aromatic carbocycles. The normalized spacial score (nSPS) is 10.6. The first kappa shape index (κ1) is 11.5. The number of nitrogens with one attached hydrogen (secondary N) is 1. The molecule has 2 N–H and O–H groups in total. The fourth-order valence-corrected chi connectivity index (χ4v) is 2.79. The molecule has 0 unspecified atom stereocenters. The first-order valence-electron chi connectivity index (χ1n) is 4.18. The van der Waals surface area contributed by atoms with Gasteiger partial charge in [-0.1, -0.05) is 0 Å². The number of hydrogen-bond donors (Lipinski definition) is 2. The molecule has 0 saturated carbocycles. The second kappa shape index (κ2) is 4.88. The number of carbonyl (C=O) groups is 1. The van der Waals surface area contributed by atoms with Crippen LogP contribution in [0.2, 0.25) is 0 Å². The van der Waals surface area contributed by atoms with E-state index in [1.54, 1.807) is 0 Å². The van der Waals surface area contributed by atoms with Gasteiger partial charge in [0.15, 0.2) is 5.69 Å². The molecule has 84 valence electrons. The smallest absolute Gasteiger partial charge is 0.355 e. The van der Waals surface area contributed by atoms with Gasteiger partial charge in [-0.15, -0.1) is 22.7 Å². The van der Waals surface area contributed by atoms with E-state index >= 15 is 0 Å². The Labute approximate surface area is 104 Å². The van der Waals surface area contributed by atoms with E-state index in [1.807, 2.05) is 5.38 Å². The highest BCUT2D eigenvalue weighted by Crippen LogP contribution is 2.25. The van der Waals surface area contributed by atoms with Gasteiger partial charge in [0.2, 0.25) is 0 Å². The molecule has 0 aliphatic rings. The average molecular weight is 276 g/mol. The van der Waals surface area contributed by atoms with Crippen molar-refractivity contribution in [3.63, 3.8) is 0 Å². The van der Waals surface area contributed by atoms with Gasteiger partial charge < -0.3 is 5.11 Å². The monoisotopic (exact) mass is 275 g/mol. The summed E-state index contributed by atoms with van der Waals surface area (Å²) in [5.41, 5.74) is 0.731. The molecule has 0 bridgehead atoms. The van der Waals surface area contributed by atoms with Crippen molar-refractivity contribution in [1.82, 2.24) is 14.8 Å². The van der Waals surface area contributed by atoms with Crippen LogP contribution in [-0.2, 0) is 6.54 Å². The van der Waals surface area contributed by atoms with E-state index < -0.39 is 5.97 Å². The molecule has 2 aromatic heterocycles. The highest BCUT2D eigenvalue weighted by atomic mass is 35.5. The molecule has 2 heterocycles. The van der Waals surface area contributed by atoms with Crippen LogP contribution in [0.1, 0.15) is 15.5 Å². The van der Waals surface area contributed by atoms with E-state index in [9.17, 15) is 4.79 Å². The lowest BCUT2D eigenvalue weighted by Crippen LogP contribution is -1.97. The molecule has 0 amide bonds. The van der Waals surface area contributed by atoms with Crippen molar-refractivity contribution in [2.45, 2.75) is 6.54 Å². The summed E-state index contributed by atoms with van der Waals surface area (Å²) in [6, 6.07) is 0. The maximum Gasteiger partial charge on any atom is 0.355 e. The van der Waals surface area contributed by atoms with E-state index in [4.69, 9.17) is 16.9 Å². The second-order valence-corrected chi connectivity index (χ2v) is 4.85. The minimum absolute atomic E-state index is 0.0463. The van der Waals surface area contributed by atoms with Crippen LogP contribution in [0.3, 0.4) is 0 Å². The van der Waals surface area contributed by atoms with Crippen molar-refractivity contribution in [3.05, 3.63) is 21.5 Å². The third-order valence-electron chi connectivity index (χ3n) is 1.71. The number of aromatic carboxylic acids is 1. The van der Waals surface area contributed by atoms with Gasteiger partial charge in [0, 0.05) is 10.8 Å². The fraction of sp³-hybridized carbons (Fsp3) is 0.125. The summed E-state index contributed by atoms with van der Waals surface area (Å²) < 4.78 is 0. The van der Waals surface area contributed by atoms with E-state index in [-0.39, 0.29) is 5.69 Å². The van der Waals surface area contributed by atoms with Crippen LogP contribution in [0.4, 0.5) is 0 Å². The lowest BCUT2D eigenvalue weighted by Gasteiger charge is -1.89. The lowest BCUT2D eigenvalue weighted by atomic mass is 10.5. The predicted octanol–water partition coefficient (Wildman–Crippen LogP) is 2.21. The van der Waals surface area contributed by atoms with Crippen molar-refractivity contribution in [2.75, 3.05) is 0 Å². The van der Waals surface area contributed by atoms with Gasteiger partial charge in [0.1, 0.15) is 15.7 Å². The van der Waals surface area contributed by atoms with Crippen LogP contribution in [-0.4, -0.2) is 21.0 Å². The van der Waals surface area contributed by atoms with Crippen LogP contribution in [0.25, 0.3) is 10.7 Å². The maximum absolute atomic E-state index is 10.7. The lowest BCUT2D eigenvalue weighted by molar-refractivity contribution is 0.0691. The molecule has 0 radical (unpaired) electrons. The van der Waals surface area contributed by atoms with Gasteiger partial charge in [0.05, 0.1) is 6.54 Å². The first-order chi connectivity index (χ1) is 7.70. The summed E-state index contributed by atoms with van der Waals surface area (Å²) in [4.78, 5) is 21.4. The van der Waals surface area contributed by atoms with E-state index in [2.05, 4.69) is 14.8 Å². The number of thiazole rings is 2. The van der Waals surface area contributed by atoms with Crippen LogP contribution in [0.15, 0.2) is 10.8 Å². The number of halogens is 1. The van der Waals surface area contributed by atoms with Gasteiger partial charge in [-0.05, 0) is 11.8 Å². The number of hydrogen-bond acceptors (Lipinski definition) is 6. The Morgan fingerprint density at radius 3 is 2.88 bits per heavy atom. The maximum atomic E-state index is 10.7. The Hall–Kier alpha value is -1.02. The van der Waals surface area contributed by atoms with E-state index in [0.29, 0.717) is 17.2 Å². The summed E-state index contributed by atoms with van der Waals surface area (Å²) in [7, 11) is 0. The molecule has 8 heteroatoms. The number of nitrogens with zero attached hydrogens (tertiary/aromatic N) is 2. The first-order valence-corrected chi connectivity index (χ1v) is 6.31. The quantitative estimate of drug-likeness (QED) is 0.837. The molecular weight excluding hydrogens is 270 g/mol. The van der Waals surface area contributed by atoms with E-state index in [1.165, 1.54) is 28.1 Å². The Balaban J connectivity index is 2.24. The Morgan fingerprint density at radius 1 is 1.44 bits per heavy atom. The summed E-state index contributed by atoms with van der Waals surface area (Å²) in [5.74, 6) is -1.03. The van der Waals surface area contributed by atoms with Gasteiger partial charge >= 0.3 is 5.97 Å². The van der Waals surface area contributed by atoms with Crippen molar-refractivity contribution >= 4 is 40.4 Å². The van der Waals surface area contributed by atoms with Gasteiger partial charge in [0.25, 0.3) is 0 Å². The number of carboxylic acid groups (broad SMARTS) is 1. The molecule has 16 heavy (non-hydrogen) atoms. The van der Waals surface area contributed by atoms with Crippen LogP contribution >= 0.6 is 34.5 Å². The Morgan fingerprint density at radius 2 is 2.25 bits per heavy atom. The van der Waals surface area contributed by atoms with E-state index in [0.717, 1.165) is 5.01 Å². The van der Waals surface area contributed by atoms with Gasteiger partial charge in [-0.3, -0.25) is 0 Å². The minimum Gasteiger partial charge on any atom is -0.476 e. The zero-order valence-corrected chi connectivity index (χ0v) is 10.2. The topological polar surface area (TPSA) is 75.1 Å². The molecule has 5 nitrogen and oxygen atoms in total. The average Bonchev–Trinajstić information content (AvgIpc) is 2.84. The summed E-state index contributed by atoms with van der Waals surface area (Å²) >= 11 is 8.07. The Bertz CT molecular complexity index is 511. The van der Waals surface area contributed by atoms with Crippen molar-refractivity contribution in [2.24, 2.45) is 0 Å². The summed E-state index contributed by atoms with van der Waals surface area (Å²) in [6.45, 7) is 0.476. The third kappa shape index (κ3) is 2.38. The standard InChI is InChI=1S/C8H6ClN3O2S2/c9-10-1-6-11-4(2-15-6)7-12-5(3-16-7)8(13)14/h2-3,10H,1H2,(H,13,14). The van der Waals surface area contributed by atoms with Crippen LogP contribution < -0.4 is 4.84 Å². The van der Waals surface area contributed by atoms with Gasteiger partial charge in [-0.25, -0.2) is 19.6 Å². The minimum atomic E-state index is -1.03. The number of carboxylic acids is 1. The molecule has 2 aromatic rings. The largest absolute Gasteiger partial charge is 0.476 e. The highest BCUT2D eigenvalue weighted by molar-refractivity contribution is 7.14. The molecule has 0 saturated heterocycles. The second-order valence-electron chi connectivity index (χ2n) is 2.78. The SMILES string of the molecule is O=C(O)c1csc(-c2csc(CNCl)n2)n1. The molecule has 0 aliphatic carbocycles. The molecule has 0 spiro atoms. The Kier molecular flexibility index (Phi) is 3.49. The van der Waals surface area contributed by atoms with Crippen LogP contribution in [0.5, 0.6) is 0 Å². The molecule has 0 atom stereocenters. The van der Waals surface area contributed by atoms with Crippen molar-refractivity contribution in [3.8, 4) is 10.7 Å². The van der Waals surface area contributed by atoms with Crippen LogP contribution in [0, 0.1) is 0 Å². The fourth-order valence-electron chi connectivity index (χ4n) is 1.04. The zero-order valence-electron chi connectivity index (χ0n) is 7.81. The highest BCUT2D eigenvalue weighted by Gasteiger charge is 2.12. The number of aromatic nitrogens is 2. The zero-order chi connectivity index (χ0) is 11.5. The van der Waals surface area contributed by atoms with Crippen molar-refractivity contribution in [1.29, 1.82) is 0 Å². The molecular formula is C8H6ClN3O2S2. The third-order valence-corrected chi connectivity index (χ3v) is 3.56. The number of rotatable bonds is 4. The van der Waals surface area contributed by atoms with Gasteiger partial charge in [-0.2, -0.15) is 0 Å². The summed E-state index contributed by atoms with van der Waals surface area (Å²) in [5, 5.41) is 13.5. The summed E-state index contributed by atoms with van der Waals surface area (Å²) in [6.07, 6.45) is 0. The molecule has 0 aliphatic heterocycles.